The summed E-state index contributed by atoms with van der Waals surface area (Å²) in [5, 5.41) is 6.66. The first kappa shape index (κ1) is 17.3. The minimum Gasteiger partial charge on any atom is -0.465 e. The summed E-state index contributed by atoms with van der Waals surface area (Å²) in [5.74, 6) is -0.660. The number of nitrogens with zero attached hydrogens (tertiary/aromatic N) is 2. The van der Waals surface area contributed by atoms with Crippen LogP contribution < -0.4 is 10.6 Å². The Morgan fingerprint density at radius 2 is 1.88 bits per heavy atom. The van der Waals surface area contributed by atoms with Gasteiger partial charge in [0.15, 0.2) is 5.65 Å². The number of carbonyl (C=O) groups excluding carboxylic acids is 2. The Balaban J connectivity index is 2.10. The third-order valence-corrected chi connectivity index (χ3v) is 3.73. The van der Waals surface area contributed by atoms with Gasteiger partial charge in [-0.05, 0) is 37.3 Å². The molecule has 3 aromatic rings. The molecule has 2 aromatic heterocycles. The summed E-state index contributed by atoms with van der Waals surface area (Å²) >= 11 is 0. The van der Waals surface area contributed by atoms with Crippen molar-refractivity contribution in [1.29, 1.82) is 0 Å². The molecule has 2 heterocycles. The van der Waals surface area contributed by atoms with Crippen LogP contribution in [0.5, 0.6) is 0 Å². The van der Waals surface area contributed by atoms with E-state index in [2.05, 4.69) is 20.6 Å². The third kappa shape index (κ3) is 3.61. The van der Waals surface area contributed by atoms with Gasteiger partial charge in [0.05, 0.1) is 12.8 Å². The van der Waals surface area contributed by atoms with Crippen LogP contribution in [0, 0.1) is 6.92 Å². The largest absolute Gasteiger partial charge is 0.465 e. The molecule has 0 spiro atoms. The van der Waals surface area contributed by atoms with Gasteiger partial charge in [-0.3, -0.25) is 4.79 Å². The number of carbonyl (C=O) groups is 2. The molecule has 0 saturated carbocycles. The van der Waals surface area contributed by atoms with Gasteiger partial charge in [0.25, 0.3) is 0 Å². The van der Waals surface area contributed by atoms with E-state index in [0.717, 1.165) is 5.69 Å². The van der Waals surface area contributed by atoms with Crippen molar-refractivity contribution in [2.45, 2.75) is 13.8 Å². The number of aromatic nitrogens is 2. The van der Waals surface area contributed by atoms with Crippen LogP contribution in [0.3, 0.4) is 0 Å². The van der Waals surface area contributed by atoms with Crippen molar-refractivity contribution in [2.75, 3.05) is 17.7 Å². The molecular formula is C19H18N4O3. The van der Waals surface area contributed by atoms with Crippen molar-refractivity contribution in [3.63, 3.8) is 0 Å². The number of rotatable bonds is 4. The molecule has 0 atom stereocenters. The van der Waals surface area contributed by atoms with Gasteiger partial charge in [-0.15, -0.1) is 0 Å². The van der Waals surface area contributed by atoms with E-state index in [-0.39, 0.29) is 5.91 Å². The Morgan fingerprint density at radius 1 is 1.12 bits per heavy atom. The van der Waals surface area contributed by atoms with Crippen LogP contribution in [0.15, 0.2) is 42.6 Å². The number of hydrogen-bond acceptors (Lipinski definition) is 6. The minimum atomic E-state index is -0.500. The SMILES string of the molecule is COC(=O)c1cnc2nc(C)ccc2c1Nc1cccc(NC(C)=O)c1. The Kier molecular flexibility index (Phi) is 4.79. The molecule has 3 rings (SSSR count). The average molecular weight is 350 g/mol. The third-order valence-electron chi connectivity index (χ3n) is 3.73. The van der Waals surface area contributed by atoms with Gasteiger partial charge < -0.3 is 15.4 Å². The lowest BCUT2D eigenvalue weighted by Crippen LogP contribution is -2.08. The highest BCUT2D eigenvalue weighted by Crippen LogP contribution is 2.30. The quantitative estimate of drug-likeness (QED) is 0.700. The molecule has 0 bridgehead atoms. The van der Waals surface area contributed by atoms with Crippen molar-refractivity contribution in [3.8, 4) is 0 Å². The molecular weight excluding hydrogens is 332 g/mol. The van der Waals surface area contributed by atoms with Gasteiger partial charge in [-0.2, -0.15) is 0 Å². The summed E-state index contributed by atoms with van der Waals surface area (Å²) in [5.41, 5.74) is 3.56. The minimum absolute atomic E-state index is 0.161. The fourth-order valence-electron chi connectivity index (χ4n) is 2.59. The maximum Gasteiger partial charge on any atom is 0.341 e. The van der Waals surface area contributed by atoms with Crippen molar-refractivity contribution in [3.05, 3.63) is 53.9 Å². The number of esters is 1. The van der Waals surface area contributed by atoms with Crippen molar-refractivity contribution >= 4 is 40.0 Å². The normalized spacial score (nSPS) is 10.4. The Hall–Kier alpha value is -3.48. The number of amides is 1. The number of benzene rings is 1. The van der Waals surface area contributed by atoms with Crippen molar-refractivity contribution in [1.82, 2.24) is 9.97 Å². The second-order valence-electron chi connectivity index (χ2n) is 5.75. The lowest BCUT2D eigenvalue weighted by Gasteiger charge is -2.14. The van der Waals surface area contributed by atoms with E-state index in [1.807, 2.05) is 25.1 Å². The summed E-state index contributed by atoms with van der Waals surface area (Å²) in [6, 6.07) is 10.9. The highest BCUT2D eigenvalue weighted by atomic mass is 16.5. The topological polar surface area (TPSA) is 93.2 Å². The number of methoxy groups -OCH3 is 1. The maximum absolute atomic E-state index is 12.2. The van der Waals surface area contributed by atoms with Crippen LogP contribution in [0.4, 0.5) is 17.1 Å². The summed E-state index contributed by atoms with van der Waals surface area (Å²) < 4.78 is 4.87. The van der Waals surface area contributed by atoms with Crippen LogP contribution in [-0.4, -0.2) is 29.0 Å². The Labute approximate surface area is 150 Å². The molecule has 0 unspecified atom stereocenters. The average Bonchev–Trinajstić information content (AvgIpc) is 2.61. The molecule has 1 amide bonds. The van der Waals surface area contributed by atoms with E-state index in [0.29, 0.717) is 33.7 Å². The van der Waals surface area contributed by atoms with Crippen LogP contribution in [0.1, 0.15) is 23.0 Å². The van der Waals surface area contributed by atoms with E-state index in [1.165, 1.54) is 20.2 Å². The first-order valence-electron chi connectivity index (χ1n) is 7.97. The molecule has 0 saturated heterocycles. The standard InChI is InChI=1S/C19H18N4O3/c1-11-7-8-15-17(16(19(25)26-3)10-20-18(15)21-11)23-14-6-4-5-13(9-14)22-12(2)24/h4-10H,1-3H3,(H,22,24)(H,20,21,23). The van der Waals surface area contributed by atoms with Gasteiger partial charge in [0.2, 0.25) is 5.91 Å². The van der Waals surface area contributed by atoms with Crippen LogP contribution in [0.25, 0.3) is 11.0 Å². The molecule has 26 heavy (non-hydrogen) atoms. The van der Waals surface area contributed by atoms with E-state index >= 15 is 0 Å². The van der Waals surface area contributed by atoms with Crippen LogP contribution in [0.2, 0.25) is 0 Å². The molecule has 2 N–H and O–H groups in total. The number of hydrogen-bond donors (Lipinski definition) is 2. The summed E-state index contributed by atoms with van der Waals surface area (Å²) in [6.45, 7) is 3.32. The number of fused-ring (bicyclic) bond motifs is 1. The summed E-state index contributed by atoms with van der Waals surface area (Å²) in [6.07, 6.45) is 1.45. The maximum atomic E-state index is 12.2. The van der Waals surface area contributed by atoms with Gasteiger partial charge in [-0.25, -0.2) is 14.8 Å². The smallest absolute Gasteiger partial charge is 0.341 e. The van der Waals surface area contributed by atoms with Gasteiger partial charge in [0.1, 0.15) is 5.56 Å². The number of aryl methyl sites for hydroxylation is 1. The first-order valence-corrected chi connectivity index (χ1v) is 7.97. The van der Waals surface area contributed by atoms with E-state index < -0.39 is 5.97 Å². The predicted octanol–water partition coefficient (Wildman–Crippen LogP) is 3.43. The zero-order valence-electron chi connectivity index (χ0n) is 14.7. The van der Waals surface area contributed by atoms with E-state index in [1.54, 1.807) is 18.2 Å². The molecule has 1 aromatic carbocycles. The van der Waals surface area contributed by atoms with Crippen molar-refractivity contribution in [2.24, 2.45) is 0 Å². The lowest BCUT2D eigenvalue weighted by molar-refractivity contribution is -0.114. The fourth-order valence-corrected chi connectivity index (χ4v) is 2.59. The fraction of sp³-hybridized carbons (Fsp3) is 0.158. The summed E-state index contributed by atoms with van der Waals surface area (Å²) in [7, 11) is 1.32. The second-order valence-corrected chi connectivity index (χ2v) is 5.75. The Morgan fingerprint density at radius 3 is 2.62 bits per heavy atom. The number of ether oxygens (including phenoxy) is 1. The lowest BCUT2D eigenvalue weighted by atomic mass is 10.1. The van der Waals surface area contributed by atoms with Gasteiger partial charge in [0, 0.05) is 35.6 Å². The molecule has 0 aliphatic heterocycles. The molecule has 0 aliphatic carbocycles. The van der Waals surface area contributed by atoms with E-state index in [9.17, 15) is 9.59 Å². The van der Waals surface area contributed by atoms with E-state index in [4.69, 9.17) is 4.74 Å². The molecule has 0 aliphatic rings. The zero-order valence-corrected chi connectivity index (χ0v) is 14.7. The van der Waals surface area contributed by atoms with Gasteiger partial charge >= 0.3 is 5.97 Å². The molecule has 0 fully saturated rings. The molecule has 7 heteroatoms. The zero-order chi connectivity index (χ0) is 18.7. The molecule has 7 nitrogen and oxygen atoms in total. The number of pyridine rings is 2. The van der Waals surface area contributed by atoms with Gasteiger partial charge in [-0.1, -0.05) is 6.07 Å². The van der Waals surface area contributed by atoms with Crippen LogP contribution >= 0.6 is 0 Å². The predicted molar refractivity (Wildman–Crippen MR) is 99.6 cm³/mol. The number of anilines is 3. The monoisotopic (exact) mass is 350 g/mol. The highest BCUT2D eigenvalue weighted by Gasteiger charge is 2.17. The second kappa shape index (κ2) is 7.18. The first-order chi connectivity index (χ1) is 12.5. The molecule has 0 radical (unpaired) electrons. The number of nitrogens with one attached hydrogen (secondary N) is 2. The van der Waals surface area contributed by atoms with Crippen molar-refractivity contribution < 1.29 is 14.3 Å². The summed E-state index contributed by atoms with van der Waals surface area (Å²) in [4.78, 5) is 32.1. The Bertz CT molecular complexity index is 1000. The van der Waals surface area contributed by atoms with Crippen LogP contribution in [-0.2, 0) is 9.53 Å². The molecule has 132 valence electrons. The highest BCUT2D eigenvalue weighted by molar-refractivity contribution is 6.05.